The van der Waals surface area contributed by atoms with Crippen molar-refractivity contribution in [3.8, 4) is 0 Å². The topological polar surface area (TPSA) is 89.7 Å². The molecule has 2 N–H and O–H groups in total. The fourth-order valence-electron chi connectivity index (χ4n) is 1.34. The lowest BCUT2D eigenvalue weighted by atomic mass is 10.2. The van der Waals surface area contributed by atoms with Crippen LogP contribution >= 0.6 is 12.2 Å². The van der Waals surface area contributed by atoms with E-state index in [0.717, 1.165) is 0 Å². The Kier molecular flexibility index (Phi) is 7.34. The summed E-state index contributed by atoms with van der Waals surface area (Å²) in [4.78, 5) is 11.2. The van der Waals surface area contributed by atoms with Crippen LogP contribution in [0.3, 0.4) is 0 Å². The maximum absolute atomic E-state index is 11.9. The van der Waals surface area contributed by atoms with Gasteiger partial charge in [0.05, 0.1) is 17.9 Å². The lowest BCUT2D eigenvalue weighted by Crippen LogP contribution is -2.38. The van der Waals surface area contributed by atoms with Crippen molar-refractivity contribution in [1.82, 2.24) is 4.31 Å². The number of hydrogen-bond acceptors (Lipinski definition) is 5. The van der Waals surface area contributed by atoms with Gasteiger partial charge in [0, 0.05) is 25.9 Å². The van der Waals surface area contributed by atoms with Crippen LogP contribution in [0.25, 0.3) is 0 Å². The number of thiocarbonyl (C=S) groups is 1. The molecule has 0 amide bonds. The highest BCUT2D eigenvalue weighted by Crippen LogP contribution is 2.10. The number of methoxy groups -OCH3 is 1. The minimum Gasteiger partial charge on any atom is -0.469 e. The molecule has 0 spiro atoms. The van der Waals surface area contributed by atoms with Crippen LogP contribution < -0.4 is 5.73 Å². The van der Waals surface area contributed by atoms with Crippen LogP contribution in [0.2, 0.25) is 0 Å². The summed E-state index contributed by atoms with van der Waals surface area (Å²) in [5, 5.41) is 0. The lowest BCUT2D eigenvalue weighted by Gasteiger charge is -2.23. The van der Waals surface area contributed by atoms with E-state index in [0.29, 0.717) is 6.42 Å². The molecule has 0 radical (unpaired) electrons. The molecule has 0 aromatic carbocycles. The molecule has 0 heterocycles. The van der Waals surface area contributed by atoms with Gasteiger partial charge in [0.15, 0.2) is 0 Å². The van der Waals surface area contributed by atoms with Crippen molar-refractivity contribution in [2.75, 3.05) is 19.9 Å². The number of nitrogens with zero attached hydrogens (tertiary/aromatic N) is 1. The van der Waals surface area contributed by atoms with Crippen molar-refractivity contribution in [3.05, 3.63) is 0 Å². The maximum atomic E-state index is 11.9. The van der Waals surface area contributed by atoms with Crippen molar-refractivity contribution >= 4 is 33.2 Å². The zero-order valence-electron chi connectivity index (χ0n) is 10.9. The Balaban J connectivity index is 4.35. The summed E-state index contributed by atoms with van der Waals surface area (Å²) in [6.45, 7) is 1.73. The van der Waals surface area contributed by atoms with Crippen molar-refractivity contribution in [3.63, 3.8) is 0 Å². The first-order chi connectivity index (χ1) is 8.20. The molecule has 18 heavy (non-hydrogen) atoms. The van der Waals surface area contributed by atoms with Gasteiger partial charge in [0.1, 0.15) is 0 Å². The Morgan fingerprint density at radius 3 is 2.50 bits per heavy atom. The van der Waals surface area contributed by atoms with Crippen LogP contribution in [0.4, 0.5) is 0 Å². The molecule has 0 rings (SSSR count). The Morgan fingerprint density at radius 2 is 2.06 bits per heavy atom. The Labute approximate surface area is 114 Å². The van der Waals surface area contributed by atoms with E-state index in [4.69, 9.17) is 18.0 Å². The van der Waals surface area contributed by atoms with Gasteiger partial charge in [-0.05, 0) is 13.3 Å². The molecule has 0 bridgehead atoms. The molecule has 106 valence electrons. The number of rotatable bonds is 8. The fourth-order valence-corrected chi connectivity index (χ4v) is 3.00. The van der Waals surface area contributed by atoms with Gasteiger partial charge in [-0.3, -0.25) is 4.79 Å². The standard InChI is InChI=1S/C10H20N2O4S2/c1-8(7-9(11)17)12(2)18(14,15)6-4-5-10(13)16-3/h8H,4-7H2,1-3H3,(H2,11,17). The molecule has 0 saturated carbocycles. The molecule has 0 aromatic heterocycles. The molecule has 1 atom stereocenters. The lowest BCUT2D eigenvalue weighted by molar-refractivity contribution is -0.140. The van der Waals surface area contributed by atoms with Gasteiger partial charge < -0.3 is 10.5 Å². The summed E-state index contributed by atoms with van der Waals surface area (Å²) in [6.07, 6.45) is 0.661. The molecule has 6 nitrogen and oxygen atoms in total. The second kappa shape index (κ2) is 7.65. The SMILES string of the molecule is COC(=O)CCCS(=O)(=O)N(C)C(C)CC(N)=S. The maximum Gasteiger partial charge on any atom is 0.305 e. The number of nitrogens with two attached hydrogens (primary N) is 1. The zero-order valence-corrected chi connectivity index (χ0v) is 12.5. The van der Waals surface area contributed by atoms with Gasteiger partial charge in [-0.25, -0.2) is 12.7 Å². The van der Waals surface area contributed by atoms with E-state index >= 15 is 0 Å². The first kappa shape index (κ1) is 17.3. The summed E-state index contributed by atoms with van der Waals surface area (Å²) in [5.74, 6) is -0.510. The van der Waals surface area contributed by atoms with Crippen LogP contribution in [-0.2, 0) is 19.6 Å². The quantitative estimate of drug-likeness (QED) is 0.511. The summed E-state index contributed by atoms with van der Waals surface area (Å²) >= 11 is 4.75. The Morgan fingerprint density at radius 1 is 1.50 bits per heavy atom. The van der Waals surface area contributed by atoms with E-state index in [-0.39, 0.29) is 29.6 Å². The van der Waals surface area contributed by atoms with Crippen LogP contribution in [-0.4, -0.2) is 49.6 Å². The van der Waals surface area contributed by atoms with Crippen molar-refractivity contribution in [1.29, 1.82) is 0 Å². The number of hydrogen-bond donors (Lipinski definition) is 1. The van der Waals surface area contributed by atoms with E-state index < -0.39 is 16.0 Å². The summed E-state index contributed by atoms with van der Waals surface area (Å²) in [5.41, 5.74) is 5.38. The van der Waals surface area contributed by atoms with Crippen molar-refractivity contribution < 1.29 is 17.9 Å². The molecule has 8 heteroatoms. The largest absolute Gasteiger partial charge is 0.469 e. The van der Waals surface area contributed by atoms with Crippen molar-refractivity contribution in [2.45, 2.75) is 32.2 Å². The van der Waals surface area contributed by atoms with E-state index in [1.165, 1.54) is 18.5 Å². The van der Waals surface area contributed by atoms with Crippen LogP contribution in [0, 0.1) is 0 Å². The molecule has 0 aromatic rings. The molecule has 0 aliphatic carbocycles. The second-order valence-corrected chi connectivity index (χ2v) is 6.70. The minimum absolute atomic E-state index is 0.0905. The average Bonchev–Trinajstić information content (AvgIpc) is 2.26. The monoisotopic (exact) mass is 296 g/mol. The molecular weight excluding hydrogens is 276 g/mol. The van der Waals surface area contributed by atoms with E-state index in [9.17, 15) is 13.2 Å². The van der Waals surface area contributed by atoms with Gasteiger partial charge >= 0.3 is 5.97 Å². The highest BCUT2D eigenvalue weighted by atomic mass is 32.2. The minimum atomic E-state index is -3.40. The third kappa shape index (κ3) is 6.27. The number of sulfonamides is 1. The summed E-state index contributed by atoms with van der Waals surface area (Å²) < 4.78 is 29.5. The third-order valence-corrected chi connectivity index (χ3v) is 4.78. The molecule has 1 unspecified atom stereocenters. The zero-order chi connectivity index (χ0) is 14.3. The van der Waals surface area contributed by atoms with Crippen LogP contribution in [0.5, 0.6) is 0 Å². The smallest absolute Gasteiger partial charge is 0.305 e. The van der Waals surface area contributed by atoms with Crippen LogP contribution in [0.1, 0.15) is 26.2 Å². The summed E-state index contributed by atoms with van der Waals surface area (Å²) in [6, 6.07) is -0.286. The van der Waals surface area contributed by atoms with Gasteiger partial charge in [0.2, 0.25) is 10.0 Å². The molecule has 0 aliphatic rings. The highest BCUT2D eigenvalue weighted by Gasteiger charge is 2.23. The summed E-state index contributed by atoms with van der Waals surface area (Å²) in [7, 11) is -0.645. The number of carbonyl (C=O) groups excluding carboxylic acids is 1. The Hall–Kier alpha value is -0.730. The van der Waals surface area contributed by atoms with Gasteiger partial charge in [-0.15, -0.1) is 0 Å². The molecule has 0 aliphatic heterocycles. The first-order valence-electron chi connectivity index (χ1n) is 5.51. The highest BCUT2D eigenvalue weighted by molar-refractivity contribution is 7.89. The van der Waals surface area contributed by atoms with E-state index in [2.05, 4.69) is 4.74 Å². The first-order valence-corrected chi connectivity index (χ1v) is 7.53. The fraction of sp³-hybridized carbons (Fsp3) is 0.800. The Bertz CT molecular complexity index is 395. The second-order valence-electron chi connectivity index (χ2n) is 4.03. The predicted molar refractivity (Wildman–Crippen MR) is 73.7 cm³/mol. The molecule has 0 saturated heterocycles. The van der Waals surface area contributed by atoms with Crippen LogP contribution in [0.15, 0.2) is 0 Å². The van der Waals surface area contributed by atoms with Gasteiger partial charge in [-0.2, -0.15) is 0 Å². The molecular formula is C10H20N2O4S2. The van der Waals surface area contributed by atoms with Crippen molar-refractivity contribution in [2.24, 2.45) is 5.73 Å². The average molecular weight is 296 g/mol. The predicted octanol–water partition coefficient (Wildman–Crippen LogP) is 0.266. The molecule has 0 fully saturated rings. The number of ether oxygens (including phenoxy) is 1. The number of carbonyl (C=O) groups is 1. The number of esters is 1. The van der Waals surface area contributed by atoms with Gasteiger partial charge in [0.25, 0.3) is 0 Å². The van der Waals surface area contributed by atoms with Gasteiger partial charge in [-0.1, -0.05) is 12.2 Å². The third-order valence-electron chi connectivity index (χ3n) is 2.57. The normalized spacial score (nSPS) is 13.3. The van der Waals surface area contributed by atoms with E-state index in [1.54, 1.807) is 6.92 Å². The van der Waals surface area contributed by atoms with E-state index in [1.807, 2.05) is 0 Å².